The molecule has 0 radical (unpaired) electrons. The summed E-state index contributed by atoms with van der Waals surface area (Å²) in [5.41, 5.74) is 0.770. The first-order valence-corrected chi connectivity index (χ1v) is 9.86. The zero-order valence-electron chi connectivity index (χ0n) is 16.6. The van der Waals surface area contributed by atoms with Gasteiger partial charge in [-0.15, -0.1) is 0 Å². The maximum absolute atomic E-state index is 12.0. The molecule has 150 valence electrons. The van der Waals surface area contributed by atoms with Gasteiger partial charge in [-0.3, -0.25) is 4.79 Å². The molecule has 0 aromatic heterocycles. The van der Waals surface area contributed by atoms with Crippen molar-refractivity contribution < 1.29 is 24.2 Å². The summed E-state index contributed by atoms with van der Waals surface area (Å²) >= 11 is 0. The quantitative estimate of drug-likeness (QED) is 0.403. The van der Waals surface area contributed by atoms with Gasteiger partial charge in [-0.25, -0.2) is 4.79 Å². The molecule has 1 aromatic rings. The lowest BCUT2D eigenvalue weighted by molar-refractivity contribution is -0.156. The van der Waals surface area contributed by atoms with E-state index in [0.717, 1.165) is 19.3 Å². The van der Waals surface area contributed by atoms with Crippen LogP contribution in [0.4, 0.5) is 0 Å². The van der Waals surface area contributed by atoms with E-state index in [1.807, 2.05) is 0 Å². The molecular weight excluding hydrogens is 344 g/mol. The summed E-state index contributed by atoms with van der Waals surface area (Å²) in [6, 6.07) is 8.60. The van der Waals surface area contributed by atoms with Crippen molar-refractivity contribution in [2.24, 2.45) is 11.3 Å². The molecule has 1 fully saturated rings. The van der Waals surface area contributed by atoms with Crippen LogP contribution < -0.4 is 0 Å². The van der Waals surface area contributed by atoms with Gasteiger partial charge in [0.15, 0.2) is 11.9 Å². The number of hydrogen-bond donors (Lipinski definition) is 1. The molecule has 27 heavy (non-hydrogen) atoms. The zero-order valence-corrected chi connectivity index (χ0v) is 16.6. The minimum absolute atomic E-state index is 0.0876. The van der Waals surface area contributed by atoms with E-state index in [1.165, 1.54) is 6.42 Å². The molecule has 0 aliphatic heterocycles. The highest BCUT2D eigenvalue weighted by Gasteiger charge is 2.35. The Hall–Kier alpha value is -1.72. The fourth-order valence-electron chi connectivity index (χ4n) is 3.58. The Bertz CT molecular complexity index is 612. The van der Waals surface area contributed by atoms with E-state index in [4.69, 9.17) is 9.47 Å². The van der Waals surface area contributed by atoms with Gasteiger partial charge in [-0.1, -0.05) is 57.5 Å². The number of rotatable bonds is 9. The third kappa shape index (κ3) is 6.43. The molecule has 1 aliphatic rings. The van der Waals surface area contributed by atoms with Gasteiger partial charge in [0.1, 0.15) is 6.61 Å². The third-order valence-corrected chi connectivity index (χ3v) is 5.79. The summed E-state index contributed by atoms with van der Waals surface area (Å²) in [5.74, 6) is -0.455. The van der Waals surface area contributed by atoms with Crippen LogP contribution in [0.25, 0.3) is 0 Å². The van der Waals surface area contributed by atoms with Gasteiger partial charge in [0.05, 0.1) is 12.7 Å². The van der Waals surface area contributed by atoms with Crippen LogP contribution in [0.1, 0.15) is 63.2 Å². The Balaban J connectivity index is 1.67. The first-order valence-electron chi connectivity index (χ1n) is 9.86. The average molecular weight is 376 g/mol. The topological polar surface area (TPSA) is 72.8 Å². The standard InChI is InChI=1S/C22H32O5/c1-16(2)22(3)11-7-10-18(15-22)26-12-13-27-21(25)20(24)14-19(23)17-8-5-4-6-9-17/h4-6,8-9,16,18,20,24H,7,10-15H2,1-3H3. The van der Waals surface area contributed by atoms with Crippen molar-refractivity contribution in [2.45, 2.75) is 65.1 Å². The largest absolute Gasteiger partial charge is 0.461 e. The third-order valence-electron chi connectivity index (χ3n) is 5.79. The van der Waals surface area contributed by atoms with Crippen molar-refractivity contribution in [3.63, 3.8) is 0 Å². The summed E-state index contributed by atoms with van der Waals surface area (Å²) in [6.07, 6.45) is 2.89. The number of carbonyl (C=O) groups is 2. The molecule has 5 nitrogen and oxygen atoms in total. The Kier molecular flexibility index (Phi) is 7.99. The molecule has 1 saturated carbocycles. The van der Waals surface area contributed by atoms with Crippen LogP contribution in [0.3, 0.4) is 0 Å². The fourth-order valence-corrected chi connectivity index (χ4v) is 3.58. The molecule has 1 aromatic carbocycles. The van der Waals surface area contributed by atoms with Gasteiger partial charge in [0.25, 0.3) is 0 Å². The molecule has 3 unspecified atom stereocenters. The van der Waals surface area contributed by atoms with E-state index in [-0.39, 0.29) is 24.9 Å². The maximum atomic E-state index is 12.0. The second-order valence-electron chi connectivity index (χ2n) is 8.07. The van der Waals surface area contributed by atoms with Crippen LogP contribution in [0.2, 0.25) is 0 Å². The lowest BCUT2D eigenvalue weighted by atomic mass is 9.67. The van der Waals surface area contributed by atoms with Crippen molar-refractivity contribution in [3.8, 4) is 0 Å². The minimum Gasteiger partial charge on any atom is -0.461 e. The zero-order chi connectivity index (χ0) is 19.9. The molecule has 5 heteroatoms. The van der Waals surface area contributed by atoms with Gasteiger partial charge < -0.3 is 14.6 Å². The Morgan fingerprint density at radius 3 is 2.59 bits per heavy atom. The summed E-state index contributed by atoms with van der Waals surface area (Å²) < 4.78 is 10.9. The van der Waals surface area contributed by atoms with Crippen molar-refractivity contribution in [3.05, 3.63) is 35.9 Å². The van der Waals surface area contributed by atoms with E-state index in [1.54, 1.807) is 30.3 Å². The second-order valence-corrected chi connectivity index (χ2v) is 8.07. The van der Waals surface area contributed by atoms with E-state index in [9.17, 15) is 14.7 Å². The number of ketones is 1. The van der Waals surface area contributed by atoms with Crippen LogP contribution >= 0.6 is 0 Å². The number of benzene rings is 1. The number of ether oxygens (including phenoxy) is 2. The molecule has 3 atom stereocenters. The van der Waals surface area contributed by atoms with E-state index in [0.29, 0.717) is 23.5 Å². The molecule has 0 spiro atoms. The van der Waals surface area contributed by atoms with E-state index in [2.05, 4.69) is 20.8 Å². The van der Waals surface area contributed by atoms with Gasteiger partial charge in [0, 0.05) is 12.0 Å². The second kappa shape index (κ2) is 10.00. The first kappa shape index (κ1) is 21.6. The maximum Gasteiger partial charge on any atom is 0.335 e. The number of aliphatic hydroxyl groups excluding tert-OH is 1. The van der Waals surface area contributed by atoms with Crippen molar-refractivity contribution in [1.82, 2.24) is 0 Å². The lowest BCUT2D eigenvalue weighted by Gasteiger charge is -2.41. The Morgan fingerprint density at radius 2 is 1.93 bits per heavy atom. The predicted octanol–water partition coefficient (Wildman–Crippen LogP) is 3.79. The lowest BCUT2D eigenvalue weighted by Crippen LogP contribution is -2.35. The van der Waals surface area contributed by atoms with Gasteiger partial charge >= 0.3 is 5.97 Å². The number of hydrogen-bond acceptors (Lipinski definition) is 5. The minimum atomic E-state index is -1.45. The van der Waals surface area contributed by atoms with Crippen molar-refractivity contribution >= 4 is 11.8 Å². The molecule has 0 saturated heterocycles. The van der Waals surface area contributed by atoms with Gasteiger partial charge in [-0.05, 0) is 30.6 Å². The van der Waals surface area contributed by atoms with Crippen molar-refractivity contribution in [2.75, 3.05) is 13.2 Å². The highest BCUT2D eigenvalue weighted by atomic mass is 16.6. The van der Waals surface area contributed by atoms with Crippen LogP contribution in [0.5, 0.6) is 0 Å². The smallest absolute Gasteiger partial charge is 0.335 e. The van der Waals surface area contributed by atoms with Gasteiger partial charge in [0.2, 0.25) is 0 Å². The molecule has 0 heterocycles. The highest BCUT2D eigenvalue weighted by Crippen LogP contribution is 2.42. The monoisotopic (exact) mass is 376 g/mol. The number of Topliss-reactive ketones (excluding diaryl/α,β-unsaturated/α-hetero) is 1. The van der Waals surface area contributed by atoms with Crippen LogP contribution in [0, 0.1) is 11.3 Å². The molecule has 1 N–H and O–H groups in total. The summed E-state index contributed by atoms with van der Waals surface area (Å²) in [4.78, 5) is 23.9. The van der Waals surface area contributed by atoms with E-state index >= 15 is 0 Å². The van der Waals surface area contributed by atoms with Crippen LogP contribution in [-0.2, 0) is 14.3 Å². The molecule has 0 bridgehead atoms. The number of aliphatic hydroxyl groups is 1. The van der Waals surface area contributed by atoms with Crippen LogP contribution in [0.15, 0.2) is 30.3 Å². The summed E-state index contributed by atoms with van der Waals surface area (Å²) in [6.45, 7) is 7.21. The Labute approximate surface area is 162 Å². The normalized spacial score (nSPS) is 23.8. The molecular formula is C22H32O5. The first-order chi connectivity index (χ1) is 12.8. The number of esters is 1. The molecule has 0 amide bonds. The van der Waals surface area contributed by atoms with Gasteiger partial charge in [-0.2, -0.15) is 0 Å². The molecule has 2 rings (SSSR count). The fraction of sp³-hybridized carbons (Fsp3) is 0.636. The number of carbonyl (C=O) groups excluding carboxylic acids is 2. The van der Waals surface area contributed by atoms with Crippen molar-refractivity contribution in [1.29, 1.82) is 0 Å². The van der Waals surface area contributed by atoms with Crippen LogP contribution in [-0.4, -0.2) is 42.3 Å². The molecule has 1 aliphatic carbocycles. The SMILES string of the molecule is CC(C)C1(C)CCCC(OCCOC(=O)C(O)CC(=O)c2ccccc2)C1. The average Bonchev–Trinajstić information content (AvgIpc) is 2.65. The summed E-state index contributed by atoms with van der Waals surface area (Å²) in [5, 5.41) is 9.89. The van der Waals surface area contributed by atoms with E-state index < -0.39 is 12.1 Å². The summed E-state index contributed by atoms with van der Waals surface area (Å²) in [7, 11) is 0. The Morgan fingerprint density at radius 1 is 1.22 bits per heavy atom. The highest BCUT2D eigenvalue weighted by molar-refractivity contribution is 5.98. The predicted molar refractivity (Wildman–Crippen MR) is 104 cm³/mol.